The number of piperazine rings is 1. The molecule has 0 saturated carbocycles. The monoisotopic (exact) mass is 644 g/mol. The van der Waals surface area contributed by atoms with Gasteiger partial charge in [0.05, 0.1) is 31.8 Å². The van der Waals surface area contributed by atoms with Crippen molar-refractivity contribution in [3.05, 3.63) is 83.9 Å². The number of ketones is 1. The maximum atomic E-state index is 13.3. The van der Waals surface area contributed by atoms with Crippen molar-refractivity contribution in [2.45, 2.75) is 32.2 Å². The number of carbonyl (C=O) groups is 4. The van der Waals surface area contributed by atoms with Gasteiger partial charge in [-0.1, -0.05) is 42.5 Å². The molecule has 12 heteroatoms. The van der Waals surface area contributed by atoms with Crippen molar-refractivity contribution >= 4 is 40.9 Å². The Kier molecular flexibility index (Phi) is 12.6. The number of anilines is 3. The number of methoxy groups -OCH3 is 1. The van der Waals surface area contributed by atoms with Gasteiger partial charge in [0.15, 0.2) is 5.78 Å². The number of hydrogen-bond acceptors (Lipinski definition) is 7. The first kappa shape index (κ1) is 34.8. The van der Waals surface area contributed by atoms with Gasteiger partial charge in [-0.05, 0) is 61.3 Å². The molecular formula is C35H44N6O6. The number of ether oxygens (including phenoxy) is 1. The number of rotatable bonds is 14. The Morgan fingerprint density at radius 3 is 2.40 bits per heavy atom. The maximum Gasteiger partial charge on any atom is 0.323 e. The average Bonchev–Trinajstić information content (AvgIpc) is 3.06. The fourth-order valence-corrected chi connectivity index (χ4v) is 5.57. The minimum Gasteiger partial charge on any atom is -0.495 e. The van der Waals surface area contributed by atoms with E-state index in [0.29, 0.717) is 56.3 Å². The van der Waals surface area contributed by atoms with Gasteiger partial charge in [-0.15, -0.1) is 0 Å². The smallest absolute Gasteiger partial charge is 0.323 e. The van der Waals surface area contributed by atoms with Crippen LogP contribution in [-0.4, -0.2) is 98.2 Å². The molecule has 0 radical (unpaired) electrons. The Labute approximate surface area is 275 Å². The highest BCUT2D eigenvalue weighted by atomic mass is 16.5. The van der Waals surface area contributed by atoms with Crippen LogP contribution >= 0.6 is 0 Å². The van der Waals surface area contributed by atoms with Crippen molar-refractivity contribution < 1.29 is 29.0 Å². The molecule has 1 fully saturated rings. The van der Waals surface area contributed by atoms with Crippen molar-refractivity contribution in [1.82, 2.24) is 15.1 Å². The summed E-state index contributed by atoms with van der Waals surface area (Å²) >= 11 is 0. The SMILES string of the molecule is COc1cc(CC(=O)CNCCCN(C)C(=O)N2CCN(c3ccccc3)CC2CC(=O)O)ccc1NC(=O)Nc1ccccc1C. The van der Waals surface area contributed by atoms with Crippen LogP contribution in [0.4, 0.5) is 26.7 Å². The molecule has 1 saturated heterocycles. The van der Waals surface area contributed by atoms with E-state index in [-0.39, 0.29) is 31.2 Å². The summed E-state index contributed by atoms with van der Waals surface area (Å²) in [6.07, 6.45) is 0.695. The zero-order valence-corrected chi connectivity index (χ0v) is 27.2. The van der Waals surface area contributed by atoms with Crippen molar-refractivity contribution in [2.24, 2.45) is 0 Å². The second-order valence-electron chi connectivity index (χ2n) is 11.6. The summed E-state index contributed by atoms with van der Waals surface area (Å²) in [6, 6.07) is 21.5. The molecule has 1 atom stereocenters. The van der Waals surface area contributed by atoms with Crippen LogP contribution in [0.25, 0.3) is 0 Å². The Morgan fingerprint density at radius 1 is 0.957 bits per heavy atom. The molecule has 3 aromatic rings. The first-order valence-electron chi connectivity index (χ1n) is 15.7. The summed E-state index contributed by atoms with van der Waals surface area (Å²) in [5.41, 5.74) is 3.90. The molecule has 0 spiro atoms. The highest BCUT2D eigenvalue weighted by molar-refractivity contribution is 6.01. The van der Waals surface area contributed by atoms with Gasteiger partial charge in [-0.25, -0.2) is 9.59 Å². The molecule has 12 nitrogen and oxygen atoms in total. The lowest BCUT2D eigenvalue weighted by atomic mass is 10.1. The van der Waals surface area contributed by atoms with E-state index in [9.17, 15) is 24.3 Å². The Balaban J connectivity index is 1.19. The standard InChI is InChI=1S/C35H44N6O6/c1-25-10-7-8-13-30(25)37-34(45)38-31-15-14-26(21-32(31)47-3)20-29(42)23-36-16-9-17-39(2)35(46)41-19-18-40(24-28(41)22-33(43)44)27-11-5-4-6-12-27/h4-8,10-15,21,28,36H,9,16-20,22-24H2,1-3H3,(H,43,44)(H2,37,38,45). The maximum absolute atomic E-state index is 13.3. The van der Waals surface area contributed by atoms with E-state index >= 15 is 0 Å². The van der Waals surface area contributed by atoms with Crippen LogP contribution in [0.2, 0.25) is 0 Å². The second kappa shape index (κ2) is 17.0. The number of aryl methyl sites for hydroxylation is 1. The first-order valence-corrected chi connectivity index (χ1v) is 15.7. The van der Waals surface area contributed by atoms with Crippen LogP contribution < -0.4 is 25.6 Å². The van der Waals surface area contributed by atoms with Crippen LogP contribution in [0.5, 0.6) is 5.75 Å². The molecule has 1 aliphatic rings. The predicted octanol–water partition coefficient (Wildman–Crippen LogP) is 4.46. The van der Waals surface area contributed by atoms with Crippen LogP contribution in [0, 0.1) is 6.92 Å². The van der Waals surface area contributed by atoms with Crippen LogP contribution in [0.15, 0.2) is 72.8 Å². The Morgan fingerprint density at radius 2 is 1.68 bits per heavy atom. The molecule has 250 valence electrons. The summed E-state index contributed by atoms with van der Waals surface area (Å²) in [7, 11) is 3.22. The van der Waals surface area contributed by atoms with Crippen LogP contribution in [-0.2, 0) is 16.0 Å². The van der Waals surface area contributed by atoms with Gasteiger partial charge in [0.1, 0.15) is 5.75 Å². The normalized spacial score (nSPS) is 14.3. The fraction of sp³-hybridized carbons (Fsp3) is 0.371. The van der Waals surface area contributed by atoms with E-state index in [1.54, 1.807) is 35.0 Å². The molecule has 4 rings (SSSR count). The first-order chi connectivity index (χ1) is 22.6. The molecule has 1 heterocycles. The number of nitrogens with zero attached hydrogens (tertiary/aromatic N) is 3. The van der Waals surface area contributed by atoms with E-state index in [1.807, 2.05) is 61.5 Å². The van der Waals surface area contributed by atoms with Crippen molar-refractivity contribution in [3.8, 4) is 5.75 Å². The van der Waals surface area contributed by atoms with E-state index in [2.05, 4.69) is 20.9 Å². The van der Waals surface area contributed by atoms with Crippen molar-refractivity contribution in [3.63, 3.8) is 0 Å². The van der Waals surface area contributed by atoms with E-state index in [1.165, 1.54) is 7.11 Å². The molecule has 0 bridgehead atoms. The molecule has 0 aliphatic carbocycles. The lowest BCUT2D eigenvalue weighted by Crippen LogP contribution is -2.58. The number of carbonyl (C=O) groups excluding carboxylic acids is 3. The third-order valence-electron chi connectivity index (χ3n) is 8.06. The number of urea groups is 2. The van der Waals surface area contributed by atoms with Gasteiger partial charge < -0.3 is 40.5 Å². The molecule has 1 aliphatic heterocycles. The Bertz CT molecular complexity index is 1530. The minimum atomic E-state index is -0.938. The second-order valence-corrected chi connectivity index (χ2v) is 11.6. The van der Waals surface area contributed by atoms with Gasteiger partial charge in [0.2, 0.25) is 0 Å². The van der Waals surface area contributed by atoms with Gasteiger partial charge in [0, 0.05) is 51.0 Å². The molecule has 4 N–H and O–H groups in total. The minimum absolute atomic E-state index is 0.0118. The number of aliphatic carboxylic acids is 1. The number of amides is 4. The zero-order valence-electron chi connectivity index (χ0n) is 27.2. The zero-order chi connectivity index (χ0) is 33.8. The van der Waals surface area contributed by atoms with Crippen molar-refractivity contribution in [1.29, 1.82) is 0 Å². The van der Waals surface area contributed by atoms with E-state index in [0.717, 1.165) is 16.8 Å². The van der Waals surface area contributed by atoms with Crippen molar-refractivity contribution in [2.75, 3.05) is 69.0 Å². The molecule has 0 aromatic heterocycles. The summed E-state index contributed by atoms with van der Waals surface area (Å²) < 4.78 is 5.46. The fourth-order valence-electron chi connectivity index (χ4n) is 5.57. The van der Waals surface area contributed by atoms with Gasteiger partial charge >= 0.3 is 18.0 Å². The summed E-state index contributed by atoms with van der Waals surface area (Å²) in [4.78, 5) is 55.4. The topological polar surface area (TPSA) is 144 Å². The summed E-state index contributed by atoms with van der Waals surface area (Å²) in [5, 5.41) is 18.3. The third kappa shape index (κ3) is 10.2. The van der Waals surface area contributed by atoms with Crippen LogP contribution in [0.1, 0.15) is 24.0 Å². The highest BCUT2D eigenvalue weighted by Gasteiger charge is 2.33. The van der Waals surface area contributed by atoms with E-state index in [4.69, 9.17) is 4.74 Å². The molecule has 3 aromatic carbocycles. The molecule has 4 amide bonds. The third-order valence-corrected chi connectivity index (χ3v) is 8.06. The van der Waals surface area contributed by atoms with E-state index < -0.39 is 18.0 Å². The summed E-state index contributed by atoms with van der Waals surface area (Å²) in [6.45, 7) is 4.58. The number of nitrogens with one attached hydrogen (secondary N) is 3. The van der Waals surface area contributed by atoms with Gasteiger partial charge in [-0.3, -0.25) is 9.59 Å². The quantitative estimate of drug-likeness (QED) is 0.189. The number of para-hydroxylation sites is 2. The largest absolute Gasteiger partial charge is 0.495 e. The lowest BCUT2D eigenvalue weighted by molar-refractivity contribution is -0.138. The average molecular weight is 645 g/mol. The van der Waals surface area contributed by atoms with Gasteiger partial charge in [-0.2, -0.15) is 0 Å². The molecular weight excluding hydrogens is 600 g/mol. The number of hydrogen-bond donors (Lipinski definition) is 4. The lowest BCUT2D eigenvalue weighted by Gasteiger charge is -2.43. The number of carboxylic acids is 1. The highest BCUT2D eigenvalue weighted by Crippen LogP contribution is 2.27. The summed E-state index contributed by atoms with van der Waals surface area (Å²) in [5.74, 6) is -0.503. The number of carboxylic acid groups (broad SMARTS) is 1. The predicted molar refractivity (Wildman–Crippen MR) is 182 cm³/mol. The number of benzene rings is 3. The Hall–Kier alpha value is -5.10. The molecule has 1 unspecified atom stereocenters. The molecule has 47 heavy (non-hydrogen) atoms. The van der Waals surface area contributed by atoms with Crippen LogP contribution in [0.3, 0.4) is 0 Å². The number of Topliss-reactive ketones (excluding diaryl/α,β-unsaturated/α-hetero) is 1. The van der Waals surface area contributed by atoms with Gasteiger partial charge in [0.25, 0.3) is 0 Å².